The first-order valence-electron chi connectivity index (χ1n) is 6.37. The van der Waals surface area contributed by atoms with Gasteiger partial charge in [-0.1, -0.05) is 24.3 Å². The molecule has 1 heterocycles. The third-order valence-electron chi connectivity index (χ3n) is 3.24. The second-order valence-corrected chi connectivity index (χ2v) is 6.24. The van der Waals surface area contributed by atoms with Crippen molar-refractivity contribution >= 4 is 16.3 Å². The van der Waals surface area contributed by atoms with E-state index in [1.807, 2.05) is 12.2 Å². The Bertz CT molecular complexity index is 564. The fraction of sp³-hybridized carbons (Fsp3) is 0.385. The molecule has 0 saturated carbocycles. The number of piperazine rings is 1. The van der Waals surface area contributed by atoms with E-state index in [4.69, 9.17) is 5.14 Å². The summed E-state index contributed by atoms with van der Waals surface area (Å²) in [4.78, 5) is 2.14. The molecule has 1 aliphatic rings. The van der Waals surface area contributed by atoms with Gasteiger partial charge in [-0.05, 0) is 17.7 Å². The van der Waals surface area contributed by atoms with E-state index >= 15 is 0 Å². The van der Waals surface area contributed by atoms with Gasteiger partial charge in [0.15, 0.2) is 0 Å². The molecule has 1 fully saturated rings. The summed E-state index contributed by atoms with van der Waals surface area (Å²) in [6.07, 6.45) is 3.91. The topological polar surface area (TPSA) is 66.6 Å². The van der Waals surface area contributed by atoms with Crippen molar-refractivity contribution in [3.63, 3.8) is 0 Å². The van der Waals surface area contributed by atoms with Crippen LogP contribution in [0.4, 0.5) is 4.39 Å². The lowest BCUT2D eigenvalue weighted by Gasteiger charge is -2.32. The van der Waals surface area contributed by atoms with E-state index in [0.29, 0.717) is 26.2 Å². The molecule has 1 aromatic rings. The number of nitrogens with zero attached hydrogens (tertiary/aromatic N) is 2. The zero-order chi connectivity index (χ0) is 14.6. The molecule has 0 amide bonds. The summed E-state index contributed by atoms with van der Waals surface area (Å²) >= 11 is 0. The molecule has 0 bridgehead atoms. The van der Waals surface area contributed by atoms with E-state index in [0.717, 1.165) is 12.1 Å². The van der Waals surface area contributed by atoms with Gasteiger partial charge in [0.2, 0.25) is 0 Å². The van der Waals surface area contributed by atoms with Crippen LogP contribution in [0, 0.1) is 5.82 Å². The van der Waals surface area contributed by atoms with Crippen molar-refractivity contribution in [3.8, 4) is 0 Å². The molecule has 5 nitrogen and oxygen atoms in total. The van der Waals surface area contributed by atoms with Crippen LogP contribution >= 0.6 is 0 Å². The molecule has 1 saturated heterocycles. The number of nitrogens with two attached hydrogens (primary N) is 1. The highest BCUT2D eigenvalue weighted by molar-refractivity contribution is 7.86. The first-order valence-corrected chi connectivity index (χ1v) is 7.88. The third-order valence-corrected chi connectivity index (χ3v) is 4.32. The molecule has 0 unspecified atom stereocenters. The van der Waals surface area contributed by atoms with Crippen LogP contribution in [0.1, 0.15) is 5.56 Å². The minimum atomic E-state index is -3.56. The predicted molar refractivity (Wildman–Crippen MR) is 76.6 cm³/mol. The van der Waals surface area contributed by atoms with E-state index in [2.05, 4.69) is 4.90 Å². The van der Waals surface area contributed by atoms with Crippen molar-refractivity contribution in [2.45, 2.75) is 0 Å². The molecule has 2 rings (SSSR count). The highest BCUT2D eigenvalue weighted by Crippen LogP contribution is 2.07. The molecule has 0 radical (unpaired) electrons. The summed E-state index contributed by atoms with van der Waals surface area (Å²) < 4.78 is 36.3. The Morgan fingerprint density at radius 3 is 2.30 bits per heavy atom. The fourth-order valence-electron chi connectivity index (χ4n) is 2.08. The quantitative estimate of drug-likeness (QED) is 0.888. The number of halogens is 1. The van der Waals surface area contributed by atoms with E-state index in [-0.39, 0.29) is 5.82 Å². The summed E-state index contributed by atoms with van der Waals surface area (Å²) in [5, 5.41) is 5.08. The van der Waals surface area contributed by atoms with Crippen molar-refractivity contribution in [2.75, 3.05) is 32.7 Å². The van der Waals surface area contributed by atoms with Crippen LogP contribution in [0.25, 0.3) is 6.08 Å². The van der Waals surface area contributed by atoms with Gasteiger partial charge in [-0.15, -0.1) is 0 Å². The van der Waals surface area contributed by atoms with E-state index in [1.54, 1.807) is 12.1 Å². The van der Waals surface area contributed by atoms with Crippen LogP contribution in [-0.2, 0) is 10.2 Å². The summed E-state index contributed by atoms with van der Waals surface area (Å²) in [6, 6.07) is 6.27. The zero-order valence-electron chi connectivity index (χ0n) is 11.1. The lowest BCUT2D eigenvalue weighted by Crippen LogP contribution is -2.50. The van der Waals surface area contributed by atoms with Crippen molar-refractivity contribution in [1.82, 2.24) is 9.21 Å². The van der Waals surface area contributed by atoms with Crippen LogP contribution in [0.3, 0.4) is 0 Å². The van der Waals surface area contributed by atoms with Gasteiger partial charge in [0.1, 0.15) is 5.82 Å². The van der Waals surface area contributed by atoms with Gasteiger partial charge >= 0.3 is 0 Å². The average Bonchev–Trinajstić information content (AvgIpc) is 2.41. The molecule has 0 atom stereocenters. The van der Waals surface area contributed by atoms with Gasteiger partial charge in [-0.25, -0.2) is 9.53 Å². The van der Waals surface area contributed by atoms with E-state index in [9.17, 15) is 12.8 Å². The van der Waals surface area contributed by atoms with Crippen molar-refractivity contribution < 1.29 is 12.8 Å². The van der Waals surface area contributed by atoms with Crippen molar-refractivity contribution in [3.05, 3.63) is 41.7 Å². The van der Waals surface area contributed by atoms with Crippen molar-refractivity contribution in [2.24, 2.45) is 5.14 Å². The number of hydrogen-bond acceptors (Lipinski definition) is 3. The van der Waals surface area contributed by atoms with E-state index in [1.165, 1.54) is 16.4 Å². The lowest BCUT2D eigenvalue weighted by molar-refractivity contribution is 0.204. The van der Waals surface area contributed by atoms with Crippen LogP contribution in [0.15, 0.2) is 30.3 Å². The lowest BCUT2D eigenvalue weighted by atomic mass is 10.2. The largest absolute Gasteiger partial charge is 0.297 e. The van der Waals surface area contributed by atoms with Gasteiger partial charge in [0, 0.05) is 32.7 Å². The summed E-state index contributed by atoms with van der Waals surface area (Å²) in [5.41, 5.74) is 0.939. The molecular formula is C13H18FN3O2S. The minimum absolute atomic E-state index is 0.249. The van der Waals surface area contributed by atoms with Gasteiger partial charge in [-0.3, -0.25) is 4.90 Å². The molecule has 2 N–H and O–H groups in total. The highest BCUT2D eigenvalue weighted by atomic mass is 32.2. The monoisotopic (exact) mass is 299 g/mol. The Morgan fingerprint density at radius 2 is 1.75 bits per heavy atom. The zero-order valence-corrected chi connectivity index (χ0v) is 11.9. The molecule has 1 aromatic carbocycles. The number of benzene rings is 1. The Balaban J connectivity index is 1.80. The maximum absolute atomic E-state index is 12.7. The summed E-state index contributed by atoms with van der Waals surface area (Å²) in [6.45, 7) is 2.89. The van der Waals surface area contributed by atoms with Crippen LogP contribution in [0.5, 0.6) is 0 Å². The van der Waals surface area contributed by atoms with Crippen LogP contribution < -0.4 is 5.14 Å². The molecule has 7 heteroatoms. The van der Waals surface area contributed by atoms with Gasteiger partial charge < -0.3 is 0 Å². The number of rotatable bonds is 4. The summed E-state index contributed by atoms with van der Waals surface area (Å²) in [5.74, 6) is -0.249. The first kappa shape index (κ1) is 15.1. The van der Waals surface area contributed by atoms with Crippen LogP contribution in [-0.4, -0.2) is 50.3 Å². The summed E-state index contributed by atoms with van der Waals surface area (Å²) in [7, 11) is -3.56. The fourth-order valence-corrected chi connectivity index (χ4v) is 2.75. The van der Waals surface area contributed by atoms with Crippen molar-refractivity contribution in [1.29, 1.82) is 0 Å². The maximum atomic E-state index is 12.7. The smallest absolute Gasteiger partial charge is 0.276 e. The maximum Gasteiger partial charge on any atom is 0.276 e. The second kappa shape index (κ2) is 6.45. The highest BCUT2D eigenvalue weighted by Gasteiger charge is 2.22. The Hall–Kier alpha value is -1.28. The molecular weight excluding hydrogens is 281 g/mol. The Kier molecular flexibility index (Phi) is 4.87. The predicted octanol–water partition coefficient (Wildman–Crippen LogP) is 0.660. The van der Waals surface area contributed by atoms with E-state index < -0.39 is 10.2 Å². The average molecular weight is 299 g/mol. The molecule has 0 aliphatic carbocycles. The second-order valence-electron chi connectivity index (χ2n) is 4.70. The van der Waals surface area contributed by atoms with Gasteiger partial charge in [-0.2, -0.15) is 12.7 Å². The molecule has 20 heavy (non-hydrogen) atoms. The van der Waals surface area contributed by atoms with Gasteiger partial charge in [0.05, 0.1) is 0 Å². The number of hydrogen-bond donors (Lipinski definition) is 1. The third kappa shape index (κ3) is 4.38. The normalized spacial score (nSPS) is 18.7. The van der Waals surface area contributed by atoms with Crippen LogP contribution in [0.2, 0.25) is 0 Å². The Labute approximate surface area is 118 Å². The Morgan fingerprint density at radius 1 is 1.15 bits per heavy atom. The first-order chi connectivity index (χ1) is 9.45. The SMILES string of the molecule is NS(=O)(=O)N1CCN(C/C=C/c2ccc(F)cc2)CC1. The standard InChI is InChI=1S/C13H18FN3O2S/c14-13-5-3-12(4-6-13)2-1-7-16-8-10-17(11-9-16)20(15,18)19/h1-6H,7-11H2,(H2,15,18,19)/b2-1+. The molecule has 1 aliphatic heterocycles. The van der Waals surface area contributed by atoms with Gasteiger partial charge in [0.25, 0.3) is 10.2 Å². The minimum Gasteiger partial charge on any atom is -0.297 e. The molecule has 0 spiro atoms. The molecule has 0 aromatic heterocycles. The molecule has 110 valence electrons.